The molecular weight excluding hydrogens is 242 g/mol. The van der Waals surface area contributed by atoms with Gasteiger partial charge in [-0.05, 0) is 37.0 Å². The smallest absolute Gasteiger partial charge is 0.308 e. The van der Waals surface area contributed by atoms with Gasteiger partial charge in [-0.15, -0.1) is 0 Å². The Hall–Kier alpha value is -1.55. The third-order valence-corrected chi connectivity index (χ3v) is 4.05. The van der Waals surface area contributed by atoms with Gasteiger partial charge in [-0.25, -0.2) is 0 Å². The van der Waals surface area contributed by atoms with Crippen molar-refractivity contribution in [2.24, 2.45) is 11.8 Å². The highest BCUT2D eigenvalue weighted by atomic mass is 16.4. The monoisotopic (exact) mass is 263 g/mol. The van der Waals surface area contributed by atoms with Gasteiger partial charge in [0.15, 0.2) is 0 Å². The van der Waals surface area contributed by atoms with Crippen LogP contribution in [0.4, 0.5) is 0 Å². The number of rotatable bonds is 4. The zero-order valence-electron chi connectivity index (χ0n) is 11.4. The number of aromatic hydroxyl groups is 1. The Morgan fingerprint density at radius 2 is 2.00 bits per heavy atom. The highest BCUT2D eigenvalue weighted by Crippen LogP contribution is 2.26. The van der Waals surface area contributed by atoms with Crippen LogP contribution in [-0.2, 0) is 11.2 Å². The highest BCUT2D eigenvalue weighted by Gasteiger charge is 2.36. The highest BCUT2D eigenvalue weighted by molar-refractivity contribution is 5.71. The van der Waals surface area contributed by atoms with Crippen LogP contribution in [0.3, 0.4) is 0 Å². The molecule has 1 saturated heterocycles. The van der Waals surface area contributed by atoms with Crippen LogP contribution in [0.1, 0.15) is 19.4 Å². The number of carbonyl (C=O) groups is 1. The number of phenolic OH excluding ortho intramolecular Hbond substituents is 1. The standard InChI is InChI=1S/C15H21NO3/c1-10-8-16(9-14(10)15(18)19)11(2)7-12-3-5-13(17)6-4-12/h3-6,10-11,14,17H,7-9H2,1-2H3,(H,18,19). The topological polar surface area (TPSA) is 60.8 Å². The minimum atomic E-state index is -0.688. The number of phenols is 1. The lowest BCUT2D eigenvalue weighted by molar-refractivity contribution is -0.142. The second kappa shape index (κ2) is 5.61. The van der Waals surface area contributed by atoms with Crippen LogP contribution in [0.25, 0.3) is 0 Å². The average molecular weight is 263 g/mol. The van der Waals surface area contributed by atoms with Crippen LogP contribution in [0.5, 0.6) is 5.75 Å². The third kappa shape index (κ3) is 3.26. The van der Waals surface area contributed by atoms with Crippen LogP contribution in [-0.4, -0.2) is 40.2 Å². The second-order valence-corrected chi connectivity index (χ2v) is 5.60. The van der Waals surface area contributed by atoms with E-state index in [0.717, 1.165) is 18.5 Å². The lowest BCUT2D eigenvalue weighted by Crippen LogP contribution is -2.33. The van der Waals surface area contributed by atoms with Gasteiger partial charge in [0.1, 0.15) is 5.75 Å². The fraction of sp³-hybridized carbons (Fsp3) is 0.533. The van der Waals surface area contributed by atoms with Crippen LogP contribution in [0, 0.1) is 11.8 Å². The molecule has 0 aromatic heterocycles. The van der Waals surface area contributed by atoms with E-state index in [2.05, 4.69) is 11.8 Å². The first-order valence-electron chi connectivity index (χ1n) is 6.72. The van der Waals surface area contributed by atoms with E-state index < -0.39 is 5.97 Å². The normalized spacial score (nSPS) is 25.4. The zero-order chi connectivity index (χ0) is 14.0. The molecule has 3 atom stereocenters. The Morgan fingerprint density at radius 3 is 2.53 bits per heavy atom. The average Bonchev–Trinajstić information content (AvgIpc) is 2.74. The molecule has 1 aliphatic heterocycles. The van der Waals surface area contributed by atoms with Crippen LogP contribution in [0.15, 0.2) is 24.3 Å². The summed E-state index contributed by atoms with van der Waals surface area (Å²) in [6.45, 7) is 5.61. The van der Waals surface area contributed by atoms with E-state index in [4.69, 9.17) is 5.11 Å². The molecule has 0 bridgehead atoms. The van der Waals surface area contributed by atoms with Crippen LogP contribution in [0.2, 0.25) is 0 Å². The summed E-state index contributed by atoms with van der Waals surface area (Å²) in [6, 6.07) is 7.53. The first-order chi connectivity index (χ1) is 8.97. The Labute approximate surface area is 113 Å². The Kier molecular flexibility index (Phi) is 4.10. The molecule has 1 heterocycles. The SMILES string of the molecule is CC1CN(C(C)Cc2ccc(O)cc2)CC1C(=O)O. The van der Waals surface area contributed by atoms with Crippen LogP contribution >= 0.6 is 0 Å². The van der Waals surface area contributed by atoms with E-state index in [9.17, 15) is 9.90 Å². The largest absolute Gasteiger partial charge is 0.508 e. The number of carboxylic acids is 1. The van der Waals surface area contributed by atoms with Gasteiger partial charge in [0, 0.05) is 19.1 Å². The lowest BCUT2D eigenvalue weighted by Gasteiger charge is -2.24. The van der Waals surface area contributed by atoms with Crippen molar-refractivity contribution in [3.8, 4) is 5.75 Å². The summed E-state index contributed by atoms with van der Waals surface area (Å²) in [5.74, 6) is -0.453. The number of nitrogens with zero attached hydrogens (tertiary/aromatic N) is 1. The first kappa shape index (κ1) is 13.9. The summed E-state index contributed by atoms with van der Waals surface area (Å²) in [5.41, 5.74) is 1.16. The second-order valence-electron chi connectivity index (χ2n) is 5.60. The number of hydrogen-bond donors (Lipinski definition) is 2. The van der Waals surface area contributed by atoms with E-state index in [1.54, 1.807) is 12.1 Å². The molecule has 1 aromatic carbocycles. The minimum absolute atomic E-state index is 0.208. The van der Waals surface area contributed by atoms with E-state index in [1.807, 2.05) is 19.1 Å². The summed E-state index contributed by atoms with van der Waals surface area (Å²) >= 11 is 0. The van der Waals surface area contributed by atoms with E-state index in [1.165, 1.54) is 0 Å². The molecule has 4 nitrogen and oxygen atoms in total. The molecule has 19 heavy (non-hydrogen) atoms. The first-order valence-corrected chi connectivity index (χ1v) is 6.72. The number of carboxylic acid groups (broad SMARTS) is 1. The minimum Gasteiger partial charge on any atom is -0.508 e. The fourth-order valence-corrected chi connectivity index (χ4v) is 2.79. The van der Waals surface area contributed by atoms with Crippen LogP contribution < -0.4 is 0 Å². The van der Waals surface area contributed by atoms with Crippen molar-refractivity contribution in [1.82, 2.24) is 4.90 Å². The molecule has 4 heteroatoms. The summed E-state index contributed by atoms with van der Waals surface area (Å²) in [5, 5.41) is 18.4. The molecule has 2 N–H and O–H groups in total. The molecular formula is C15H21NO3. The van der Waals surface area contributed by atoms with Gasteiger partial charge >= 0.3 is 5.97 Å². The van der Waals surface area contributed by atoms with Crippen molar-refractivity contribution in [1.29, 1.82) is 0 Å². The maximum absolute atomic E-state index is 11.1. The Balaban J connectivity index is 1.96. The van der Waals surface area contributed by atoms with Crippen molar-refractivity contribution < 1.29 is 15.0 Å². The molecule has 2 rings (SSSR count). The van der Waals surface area contributed by atoms with Gasteiger partial charge < -0.3 is 10.2 Å². The quantitative estimate of drug-likeness (QED) is 0.872. The van der Waals surface area contributed by atoms with Gasteiger partial charge in [0.05, 0.1) is 5.92 Å². The summed E-state index contributed by atoms with van der Waals surface area (Å²) < 4.78 is 0. The number of aliphatic carboxylic acids is 1. The predicted molar refractivity (Wildman–Crippen MR) is 73.1 cm³/mol. The zero-order valence-corrected chi connectivity index (χ0v) is 11.4. The molecule has 0 aliphatic carbocycles. The van der Waals surface area contributed by atoms with Crippen molar-refractivity contribution in [2.45, 2.75) is 26.3 Å². The fourth-order valence-electron chi connectivity index (χ4n) is 2.79. The van der Waals surface area contributed by atoms with Crippen molar-refractivity contribution in [3.05, 3.63) is 29.8 Å². The van der Waals surface area contributed by atoms with Gasteiger partial charge in [-0.1, -0.05) is 19.1 Å². The molecule has 1 fully saturated rings. The van der Waals surface area contributed by atoms with Crippen molar-refractivity contribution >= 4 is 5.97 Å². The molecule has 0 amide bonds. The Bertz CT molecular complexity index is 443. The van der Waals surface area contributed by atoms with Crippen molar-refractivity contribution in [3.63, 3.8) is 0 Å². The van der Waals surface area contributed by atoms with Gasteiger partial charge in [-0.3, -0.25) is 9.69 Å². The number of likely N-dealkylation sites (tertiary alicyclic amines) is 1. The maximum Gasteiger partial charge on any atom is 0.308 e. The molecule has 0 spiro atoms. The third-order valence-electron chi connectivity index (χ3n) is 4.05. The van der Waals surface area contributed by atoms with Gasteiger partial charge in [-0.2, -0.15) is 0 Å². The molecule has 3 unspecified atom stereocenters. The van der Waals surface area contributed by atoms with E-state index in [0.29, 0.717) is 12.6 Å². The lowest BCUT2D eigenvalue weighted by atomic mass is 9.99. The number of benzene rings is 1. The molecule has 0 radical (unpaired) electrons. The van der Waals surface area contributed by atoms with E-state index >= 15 is 0 Å². The summed E-state index contributed by atoms with van der Waals surface area (Å²) in [6.07, 6.45) is 0.874. The number of hydrogen-bond acceptors (Lipinski definition) is 3. The summed E-state index contributed by atoms with van der Waals surface area (Å²) in [4.78, 5) is 13.4. The molecule has 0 saturated carbocycles. The van der Waals surface area contributed by atoms with Gasteiger partial charge in [0.2, 0.25) is 0 Å². The predicted octanol–water partition coefficient (Wildman–Crippen LogP) is 1.98. The Morgan fingerprint density at radius 1 is 1.37 bits per heavy atom. The maximum atomic E-state index is 11.1. The van der Waals surface area contributed by atoms with E-state index in [-0.39, 0.29) is 17.6 Å². The van der Waals surface area contributed by atoms with Crippen molar-refractivity contribution in [2.75, 3.05) is 13.1 Å². The summed E-state index contributed by atoms with van der Waals surface area (Å²) in [7, 11) is 0. The van der Waals surface area contributed by atoms with Gasteiger partial charge in [0.25, 0.3) is 0 Å². The molecule has 1 aromatic rings. The molecule has 104 valence electrons. The molecule has 1 aliphatic rings.